The van der Waals surface area contributed by atoms with Crippen LogP contribution in [0.3, 0.4) is 0 Å². The maximum absolute atomic E-state index is 12.3. The molecule has 0 amide bonds. The molecule has 0 bridgehead atoms. The van der Waals surface area contributed by atoms with Crippen LogP contribution in [0, 0.1) is 0 Å². The average molecular weight is 363 g/mol. The van der Waals surface area contributed by atoms with Crippen molar-refractivity contribution in [2.75, 3.05) is 7.11 Å². The van der Waals surface area contributed by atoms with Gasteiger partial charge in [0, 0.05) is 22.2 Å². The first-order chi connectivity index (χ1) is 10.5. The molecule has 0 aliphatic carbocycles. The van der Waals surface area contributed by atoms with Crippen molar-refractivity contribution in [2.45, 2.75) is 0 Å². The Hall–Kier alpha value is -2.47. The number of phenols is 2. The van der Waals surface area contributed by atoms with Crippen LogP contribution in [0.25, 0.3) is 22.3 Å². The van der Waals surface area contributed by atoms with Gasteiger partial charge < -0.3 is 19.4 Å². The number of ether oxygens (including phenoxy) is 1. The van der Waals surface area contributed by atoms with Crippen LogP contribution in [0.5, 0.6) is 17.2 Å². The van der Waals surface area contributed by atoms with Crippen LogP contribution >= 0.6 is 15.9 Å². The van der Waals surface area contributed by atoms with Crippen molar-refractivity contribution in [1.29, 1.82) is 0 Å². The van der Waals surface area contributed by atoms with Crippen LogP contribution in [0.1, 0.15) is 0 Å². The molecule has 3 rings (SSSR count). The van der Waals surface area contributed by atoms with Crippen molar-refractivity contribution in [3.05, 3.63) is 51.1 Å². The number of rotatable bonds is 2. The molecule has 0 saturated carbocycles. The molecule has 0 aliphatic rings. The van der Waals surface area contributed by atoms with Crippen molar-refractivity contribution >= 4 is 26.9 Å². The van der Waals surface area contributed by atoms with Gasteiger partial charge in [-0.05, 0) is 12.1 Å². The number of halogens is 1. The minimum Gasteiger partial charge on any atom is -0.507 e. The van der Waals surface area contributed by atoms with Crippen LogP contribution in [0.15, 0.2) is 50.1 Å². The minimum absolute atomic E-state index is 0.00162. The van der Waals surface area contributed by atoms with Crippen molar-refractivity contribution in [1.82, 2.24) is 0 Å². The van der Waals surface area contributed by atoms with Gasteiger partial charge in [0.05, 0.1) is 7.11 Å². The summed E-state index contributed by atoms with van der Waals surface area (Å²) in [5.41, 5.74) is 0.257. The van der Waals surface area contributed by atoms with Gasteiger partial charge in [-0.25, -0.2) is 0 Å². The number of fused-ring (bicyclic) bond motifs is 1. The van der Waals surface area contributed by atoms with E-state index in [1.165, 1.54) is 13.2 Å². The van der Waals surface area contributed by atoms with E-state index in [0.717, 1.165) is 10.5 Å². The molecule has 1 aromatic heterocycles. The SMILES string of the molecule is COc1c(O)cc(O)c2c(=O)cc(-c3cccc(Br)c3)oc12. The smallest absolute Gasteiger partial charge is 0.204 e. The first-order valence-corrected chi connectivity index (χ1v) is 7.13. The van der Waals surface area contributed by atoms with Crippen molar-refractivity contribution in [3.8, 4) is 28.6 Å². The van der Waals surface area contributed by atoms with Crippen molar-refractivity contribution < 1.29 is 19.4 Å². The third-order valence-corrected chi connectivity index (χ3v) is 3.72. The summed E-state index contributed by atoms with van der Waals surface area (Å²) in [6.45, 7) is 0. The number of aromatic hydroxyl groups is 2. The molecule has 0 aliphatic heterocycles. The summed E-state index contributed by atoms with van der Waals surface area (Å²) in [5, 5.41) is 19.7. The maximum atomic E-state index is 12.3. The molecule has 5 nitrogen and oxygen atoms in total. The van der Waals surface area contributed by atoms with Crippen LogP contribution in [0.4, 0.5) is 0 Å². The third-order valence-electron chi connectivity index (χ3n) is 3.23. The van der Waals surface area contributed by atoms with Crippen LogP contribution in [-0.4, -0.2) is 17.3 Å². The highest BCUT2D eigenvalue weighted by Gasteiger charge is 2.18. The van der Waals surface area contributed by atoms with Gasteiger partial charge in [0.15, 0.2) is 16.8 Å². The monoisotopic (exact) mass is 362 g/mol. The lowest BCUT2D eigenvalue weighted by atomic mass is 10.1. The summed E-state index contributed by atoms with van der Waals surface area (Å²) in [6, 6.07) is 9.57. The van der Waals surface area contributed by atoms with E-state index < -0.39 is 5.43 Å². The molecule has 0 saturated heterocycles. The zero-order chi connectivity index (χ0) is 15.9. The number of hydrogen-bond donors (Lipinski definition) is 2. The lowest BCUT2D eigenvalue weighted by Gasteiger charge is -2.10. The molecule has 0 spiro atoms. The Morgan fingerprint density at radius 3 is 2.59 bits per heavy atom. The molecule has 0 fully saturated rings. The summed E-state index contributed by atoms with van der Waals surface area (Å²) in [5.74, 6) is -0.353. The fourth-order valence-electron chi connectivity index (χ4n) is 2.26. The molecular formula is C16H11BrO5. The molecule has 2 aromatic carbocycles. The van der Waals surface area contributed by atoms with E-state index in [1.54, 1.807) is 18.2 Å². The first kappa shape index (κ1) is 14.5. The Morgan fingerprint density at radius 2 is 1.91 bits per heavy atom. The molecule has 0 atom stereocenters. The van der Waals surface area contributed by atoms with Gasteiger partial charge in [0.2, 0.25) is 5.75 Å². The van der Waals surface area contributed by atoms with Gasteiger partial charge in [-0.2, -0.15) is 0 Å². The van der Waals surface area contributed by atoms with Crippen LogP contribution in [0.2, 0.25) is 0 Å². The molecule has 1 heterocycles. The standard InChI is InChI=1S/C16H11BrO5/c1-21-15-12(20)6-10(18)14-11(19)7-13(22-16(14)15)8-3-2-4-9(17)5-8/h2-7,18,20H,1H3. The largest absolute Gasteiger partial charge is 0.507 e. The van der Waals surface area contributed by atoms with E-state index >= 15 is 0 Å². The zero-order valence-electron chi connectivity index (χ0n) is 11.5. The van der Waals surface area contributed by atoms with Gasteiger partial charge in [-0.3, -0.25) is 4.79 Å². The van der Waals surface area contributed by atoms with Crippen LogP contribution < -0.4 is 10.2 Å². The molecule has 6 heteroatoms. The fourth-order valence-corrected chi connectivity index (χ4v) is 2.66. The van der Waals surface area contributed by atoms with Crippen molar-refractivity contribution in [2.24, 2.45) is 0 Å². The zero-order valence-corrected chi connectivity index (χ0v) is 13.0. The second-order valence-corrected chi connectivity index (χ2v) is 5.55. The van der Waals surface area contributed by atoms with Crippen LogP contribution in [-0.2, 0) is 0 Å². The van der Waals surface area contributed by atoms with Gasteiger partial charge in [-0.15, -0.1) is 0 Å². The van der Waals surface area contributed by atoms with E-state index in [-0.39, 0.29) is 28.2 Å². The average Bonchev–Trinajstić information content (AvgIpc) is 2.46. The quantitative estimate of drug-likeness (QED) is 0.727. The normalized spacial score (nSPS) is 10.8. The van der Waals surface area contributed by atoms with Gasteiger partial charge in [-0.1, -0.05) is 28.1 Å². The number of phenolic OH excluding ortho intramolecular Hbond substituents is 2. The number of hydrogen-bond acceptors (Lipinski definition) is 5. The third kappa shape index (κ3) is 2.31. The fraction of sp³-hybridized carbons (Fsp3) is 0.0625. The highest BCUT2D eigenvalue weighted by atomic mass is 79.9. The maximum Gasteiger partial charge on any atom is 0.204 e. The summed E-state index contributed by atoms with van der Waals surface area (Å²) >= 11 is 3.35. The highest BCUT2D eigenvalue weighted by Crippen LogP contribution is 2.40. The molecule has 0 unspecified atom stereocenters. The Bertz CT molecular complexity index is 930. The number of methoxy groups -OCH3 is 1. The Morgan fingerprint density at radius 1 is 1.14 bits per heavy atom. The van der Waals surface area contributed by atoms with E-state index in [0.29, 0.717) is 11.3 Å². The van der Waals surface area contributed by atoms with Gasteiger partial charge >= 0.3 is 0 Å². The summed E-state index contributed by atoms with van der Waals surface area (Å²) in [4.78, 5) is 12.3. The molecular weight excluding hydrogens is 352 g/mol. The van der Waals surface area contributed by atoms with Gasteiger partial charge in [0.25, 0.3) is 0 Å². The lowest BCUT2D eigenvalue weighted by Crippen LogP contribution is -2.02. The molecule has 3 aromatic rings. The second-order valence-electron chi connectivity index (χ2n) is 4.64. The Balaban J connectivity index is 2.39. The molecule has 2 N–H and O–H groups in total. The first-order valence-electron chi connectivity index (χ1n) is 6.34. The van der Waals surface area contributed by atoms with Crippen molar-refractivity contribution in [3.63, 3.8) is 0 Å². The summed E-state index contributed by atoms with van der Waals surface area (Å²) in [7, 11) is 1.34. The van der Waals surface area contributed by atoms with Gasteiger partial charge in [0.1, 0.15) is 16.9 Å². The Labute approximate surface area is 133 Å². The predicted molar refractivity (Wildman–Crippen MR) is 85.5 cm³/mol. The van der Waals surface area contributed by atoms with E-state index in [9.17, 15) is 15.0 Å². The number of benzene rings is 2. The van der Waals surface area contributed by atoms with E-state index in [1.807, 2.05) is 6.07 Å². The minimum atomic E-state index is -0.424. The Kier molecular flexibility index (Phi) is 3.54. The molecule has 22 heavy (non-hydrogen) atoms. The lowest BCUT2D eigenvalue weighted by molar-refractivity contribution is 0.367. The summed E-state index contributed by atoms with van der Waals surface area (Å²) in [6.07, 6.45) is 0. The molecule has 112 valence electrons. The second kappa shape index (κ2) is 5.38. The van der Waals surface area contributed by atoms with E-state index in [2.05, 4.69) is 15.9 Å². The molecule has 0 radical (unpaired) electrons. The summed E-state index contributed by atoms with van der Waals surface area (Å²) < 4.78 is 11.6. The van der Waals surface area contributed by atoms with E-state index in [4.69, 9.17) is 9.15 Å². The highest BCUT2D eigenvalue weighted by molar-refractivity contribution is 9.10. The predicted octanol–water partition coefficient (Wildman–Crippen LogP) is 3.64. The topological polar surface area (TPSA) is 79.9 Å².